The molecule has 0 heterocycles. The fourth-order valence-corrected chi connectivity index (χ4v) is 8.31. The van der Waals surface area contributed by atoms with Crippen molar-refractivity contribution in [3.05, 3.63) is 0 Å². The number of carboxylic acid groups (broad SMARTS) is 3. The molecule has 0 saturated heterocycles. The minimum absolute atomic E-state index is 0.0810. The van der Waals surface area contributed by atoms with Gasteiger partial charge in [-0.15, -0.1) is 0 Å². The molecule has 30 heteroatoms. The van der Waals surface area contributed by atoms with Gasteiger partial charge in [0.25, 0.3) is 0 Å². The van der Waals surface area contributed by atoms with Crippen molar-refractivity contribution in [3.63, 3.8) is 0 Å². The maximum atomic E-state index is 12.5. The highest BCUT2D eigenvalue weighted by Crippen LogP contribution is 2.08. The van der Waals surface area contributed by atoms with Crippen molar-refractivity contribution < 1.29 is 115 Å². The van der Waals surface area contributed by atoms with Crippen LogP contribution >= 0.6 is 0 Å². The molecule has 0 unspecified atom stereocenters. The average Bonchev–Trinajstić information content (AvgIpc) is 3.76. The molecule has 0 spiro atoms. The summed E-state index contributed by atoms with van der Waals surface area (Å²) in [5, 5.41) is 43.0. The Hall–Kier alpha value is -5.25. The van der Waals surface area contributed by atoms with Gasteiger partial charge in [-0.3, -0.25) is 43.2 Å². The standard InChI is InChI=1S/C64H118N6O24/c71-56(65-25-13-7-1-4-10-16-62(77)78)19-31-83-40-46-89-49-43-86-37-28-68-59(74)22-34-92-52-55(53-93-35-23-60(75)69-29-38-87-44-50-90-47-41-84-32-20-57(72)66-26-14-8-2-5-11-17-63(79)80)54-94-36-24-61(76)70-30-39-88-45-51-91-48-42-85-33-21-58(73)67-27-15-9-3-6-12-18-64(81)82/h55H,1-54H2,(H,65,71)(H,66,72)(H,67,73)(H,68,74)(H,69,75)(H,70,76)(H,77,78)(H,79,80)(H,81,82). The third-order valence-corrected chi connectivity index (χ3v) is 13.5. The van der Waals surface area contributed by atoms with Gasteiger partial charge in [0.05, 0.1) is 159 Å². The molecule has 0 rings (SSSR count). The number of carbonyl (C=O) groups excluding carboxylic acids is 6. The fraction of sp³-hybridized carbons (Fsp3) is 0.859. The highest BCUT2D eigenvalue weighted by molar-refractivity contribution is 5.77. The summed E-state index contributed by atoms with van der Waals surface area (Å²) in [6.07, 6.45) is 14.5. The molecule has 9 N–H and O–H groups in total. The predicted octanol–water partition coefficient (Wildman–Crippen LogP) is 3.12. The van der Waals surface area contributed by atoms with E-state index in [1.165, 1.54) is 0 Å². The van der Waals surface area contributed by atoms with E-state index in [1.54, 1.807) is 0 Å². The van der Waals surface area contributed by atoms with Crippen LogP contribution in [0.1, 0.15) is 154 Å². The Kier molecular flexibility index (Phi) is 66.6. The molecule has 94 heavy (non-hydrogen) atoms. The van der Waals surface area contributed by atoms with Crippen molar-refractivity contribution in [2.75, 3.05) is 198 Å². The minimum atomic E-state index is -0.776. The topological polar surface area (TPSA) is 397 Å². The van der Waals surface area contributed by atoms with E-state index in [9.17, 15) is 43.2 Å². The van der Waals surface area contributed by atoms with Gasteiger partial charge in [0.1, 0.15) is 0 Å². The molecule has 0 radical (unpaired) electrons. The molecule has 0 aliphatic carbocycles. The number of ether oxygens (including phenoxy) is 12. The molecule has 30 nitrogen and oxygen atoms in total. The number of amides is 6. The van der Waals surface area contributed by atoms with Crippen molar-refractivity contribution in [3.8, 4) is 0 Å². The monoisotopic (exact) mass is 1350 g/mol. The van der Waals surface area contributed by atoms with Gasteiger partial charge in [-0.1, -0.05) is 57.8 Å². The number of hydrogen-bond acceptors (Lipinski definition) is 21. The first-order chi connectivity index (χ1) is 45.8. The molecule has 0 aromatic rings. The van der Waals surface area contributed by atoms with E-state index in [0.717, 1.165) is 77.0 Å². The zero-order valence-electron chi connectivity index (χ0n) is 56.2. The third-order valence-electron chi connectivity index (χ3n) is 13.5. The molecule has 6 amide bonds. The van der Waals surface area contributed by atoms with Crippen LogP contribution in [0.4, 0.5) is 0 Å². The van der Waals surface area contributed by atoms with Gasteiger partial charge in [0.15, 0.2) is 0 Å². The van der Waals surface area contributed by atoms with Gasteiger partial charge in [-0.2, -0.15) is 0 Å². The zero-order valence-corrected chi connectivity index (χ0v) is 56.2. The predicted molar refractivity (Wildman–Crippen MR) is 345 cm³/mol. The van der Waals surface area contributed by atoms with Crippen LogP contribution in [-0.2, 0) is 100.0 Å². The SMILES string of the molecule is O=C(O)CCCCCCCNC(=O)CCOCCOCCOCCNC(=O)CCOCC(COCCC(=O)NCCOCCOCCOCCC(=O)NCCCCCCCC(=O)O)COCCC(=O)NCCOCCOCCOCCC(=O)NCCCCCCCC(=O)O. The lowest BCUT2D eigenvalue weighted by Gasteiger charge is -2.18. The Bertz CT molecular complexity index is 1680. The fourth-order valence-electron chi connectivity index (χ4n) is 8.31. The number of carboxylic acids is 3. The quantitative estimate of drug-likeness (QED) is 0.0395. The maximum Gasteiger partial charge on any atom is 0.303 e. The Morgan fingerprint density at radius 2 is 0.383 bits per heavy atom. The summed E-state index contributed by atoms with van der Waals surface area (Å²) in [4.78, 5) is 105. The highest BCUT2D eigenvalue weighted by atomic mass is 16.6. The molecule has 0 saturated carbocycles. The van der Waals surface area contributed by atoms with Crippen LogP contribution in [0.25, 0.3) is 0 Å². The molecule has 0 aliphatic rings. The Balaban J connectivity index is 4.35. The van der Waals surface area contributed by atoms with Gasteiger partial charge < -0.3 is 104 Å². The van der Waals surface area contributed by atoms with E-state index in [2.05, 4.69) is 31.9 Å². The summed E-state index contributed by atoms with van der Waals surface area (Å²) in [6, 6.07) is 0. The molecule has 0 atom stereocenters. The number of aliphatic carboxylic acids is 3. The molecule has 548 valence electrons. The first kappa shape index (κ1) is 88.8. The van der Waals surface area contributed by atoms with E-state index in [1.807, 2.05) is 0 Å². The Morgan fingerprint density at radius 1 is 0.202 bits per heavy atom. The Labute approximate surface area is 556 Å². The van der Waals surface area contributed by atoms with Crippen LogP contribution in [0, 0.1) is 5.92 Å². The number of carbonyl (C=O) groups is 9. The number of unbranched alkanes of at least 4 members (excludes halogenated alkanes) is 12. The van der Waals surface area contributed by atoms with Crippen molar-refractivity contribution in [1.29, 1.82) is 0 Å². The van der Waals surface area contributed by atoms with E-state index >= 15 is 0 Å². The van der Waals surface area contributed by atoms with Crippen molar-refractivity contribution in [2.24, 2.45) is 5.92 Å². The van der Waals surface area contributed by atoms with Crippen LogP contribution in [0.3, 0.4) is 0 Å². The number of rotatable bonds is 75. The normalized spacial score (nSPS) is 11.2. The van der Waals surface area contributed by atoms with Gasteiger partial charge in [0.2, 0.25) is 35.4 Å². The van der Waals surface area contributed by atoms with Crippen molar-refractivity contribution in [2.45, 2.75) is 154 Å². The van der Waals surface area contributed by atoms with Crippen LogP contribution < -0.4 is 31.9 Å². The maximum absolute atomic E-state index is 12.5. The molecule has 0 aromatic heterocycles. The van der Waals surface area contributed by atoms with Gasteiger partial charge in [-0.05, 0) is 38.5 Å². The van der Waals surface area contributed by atoms with E-state index in [-0.39, 0.29) is 178 Å². The minimum Gasteiger partial charge on any atom is -0.481 e. The van der Waals surface area contributed by atoms with Gasteiger partial charge >= 0.3 is 17.9 Å². The lowest BCUT2D eigenvalue weighted by Crippen LogP contribution is -2.30. The molecular formula is C64H118N6O24. The molecule has 0 aliphatic heterocycles. The smallest absolute Gasteiger partial charge is 0.303 e. The third kappa shape index (κ3) is 72.6. The number of hydrogen-bond donors (Lipinski definition) is 9. The molecule has 0 aromatic carbocycles. The number of nitrogens with one attached hydrogen (secondary N) is 6. The summed E-state index contributed by atoms with van der Waals surface area (Å²) >= 11 is 0. The highest BCUT2D eigenvalue weighted by Gasteiger charge is 2.14. The second-order valence-corrected chi connectivity index (χ2v) is 21.9. The van der Waals surface area contributed by atoms with Crippen LogP contribution in [0.5, 0.6) is 0 Å². The van der Waals surface area contributed by atoms with Crippen molar-refractivity contribution in [1.82, 2.24) is 31.9 Å². The first-order valence-electron chi connectivity index (χ1n) is 34.0. The van der Waals surface area contributed by atoms with Crippen LogP contribution in [-0.4, -0.2) is 267 Å². The summed E-state index contributed by atoms with van der Waals surface area (Å²) in [5.41, 5.74) is 0. The van der Waals surface area contributed by atoms with Crippen molar-refractivity contribution >= 4 is 53.4 Å². The summed E-state index contributed by atoms with van der Waals surface area (Å²) < 4.78 is 67.0. The lowest BCUT2D eigenvalue weighted by molar-refractivity contribution is -0.138. The second-order valence-electron chi connectivity index (χ2n) is 21.9. The van der Waals surface area contributed by atoms with E-state index in [4.69, 9.17) is 72.2 Å². The summed E-state index contributed by atoms with van der Waals surface area (Å²) in [5.74, 6) is -3.49. The van der Waals surface area contributed by atoms with E-state index in [0.29, 0.717) is 138 Å². The molecular weight excluding hydrogens is 1240 g/mol. The largest absolute Gasteiger partial charge is 0.481 e. The van der Waals surface area contributed by atoms with Gasteiger partial charge in [-0.25, -0.2) is 0 Å². The first-order valence-corrected chi connectivity index (χ1v) is 34.0. The summed E-state index contributed by atoms with van der Waals surface area (Å²) in [6.45, 7) is 9.37. The second kappa shape index (κ2) is 70.5. The zero-order chi connectivity index (χ0) is 68.7. The summed E-state index contributed by atoms with van der Waals surface area (Å²) in [7, 11) is 0. The lowest BCUT2D eigenvalue weighted by atomic mass is 10.1. The van der Waals surface area contributed by atoms with Crippen LogP contribution in [0.2, 0.25) is 0 Å². The Morgan fingerprint density at radius 3 is 0.617 bits per heavy atom. The van der Waals surface area contributed by atoms with E-state index < -0.39 is 17.9 Å². The van der Waals surface area contributed by atoms with Crippen LogP contribution in [0.15, 0.2) is 0 Å². The average molecular weight is 1360 g/mol. The molecule has 0 fully saturated rings. The van der Waals surface area contributed by atoms with Gasteiger partial charge in [0, 0.05) is 103 Å². The molecule has 0 bridgehead atoms.